The minimum absolute atomic E-state index is 0.0375. The zero-order valence-corrected chi connectivity index (χ0v) is 72.0. The number of likely N-dealkylation sites (N-methyl/N-ethyl adjacent to an activating group) is 1. The third kappa shape index (κ3) is 17.8. The fourth-order valence-electron chi connectivity index (χ4n) is 20.4. The third-order valence-electron chi connectivity index (χ3n) is 27.2. The molecule has 3 fully saturated rings. The summed E-state index contributed by atoms with van der Waals surface area (Å²) in [5.41, 5.74) is 19.5. The molecule has 122 heavy (non-hydrogen) atoms. The number of hydrogen-bond acceptors (Lipinski definition) is 11. The highest BCUT2D eigenvalue weighted by molar-refractivity contribution is 5.91. The Bertz CT molecular complexity index is 6080. The number of ether oxygens (including phenoxy) is 4. The van der Waals surface area contributed by atoms with Gasteiger partial charge in [-0.15, -0.1) is 0 Å². The molecule has 11 heterocycles. The summed E-state index contributed by atoms with van der Waals surface area (Å²) in [5, 5.41) is 5.07. The van der Waals surface area contributed by atoms with Crippen LogP contribution in [0.25, 0.3) is 66.4 Å². The molecule has 3 saturated carbocycles. The van der Waals surface area contributed by atoms with Gasteiger partial charge < -0.3 is 47.0 Å². The van der Waals surface area contributed by atoms with Gasteiger partial charge in [-0.05, 0) is 216 Å². The molecule has 9 aromatic heterocycles. The van der Waals surface area contributed by atoms with Crippen LogP contribution in [0.1, 0.15) is 192 Å². The molecular formula is C101H116FN11O9. The van der Waals surface area contributed by atoms with Gasteiger partial charge in [0.2, 0.25) is 5.91 Å². The molecule has 21 heteroatoms. The highest BCUT2D eigenvalue weighted by atomic mass is 19.1. The smallest absolute Gasteiger partial charge is 0.258 e. The van der Waals surface area contributed by atoms with Crippen LogP contribution < -0.4 is 41.2 Å². The van der Waals surface area contributed by atoms with Crippen LogP contribution in [0.4, 0.5) is 4.39 Å². The molecule has 0 radical (unpaired) electrons. The molecular weight excluding hydrogens is 1530 g/mol. The number of benzene rings is 4. The highest BCUT2D eigenvalue weighted by Gasteiger charge is 2.31. The van der Waals surface area contributed by atoms with Gasteiger partial charge in [0.05, 0.1) is 76.5 Å². The quantitative estimate of drug-likeness (QED) is 0.0898. The van der Waals surface area contributed by atoms with Crippen LogP contribution in [0, 0.1) is 23.6 Å². The molecule has 2 aliphatic heterocycles. The summed E-state index contributed by atoms with van der Waals surface area (Å²) in [5.74, 6) is 4.27. The van der Waals surface area contributed by atoms with E-state index in [9.17, 15) is 28.4 Å². The van der Waals surface area contributed by atoms with Gasteiger partial charge in [-0.2, -0.15) is 0 Å². The van der Waals surface area contributed by atoms with Gasteiger partial charge in [0.1, 0.15) is 35.4 Å². The zero-order chi connectivity index (χ0) is 84.2. The molecule has 0 bridgehead atoms. The first-order valence-corrected chi connectivity index (χ1v) is 44.7. The Hall–Kier alpha value is -11.5. The summed E-state index contributed by atoms with van der Waals surface area (Å²) >= 11 is 0. The van der Waals surface area contributed by atoms with Crippen molar-refractivity contribution in [2.75, 3.05) is 40.0 Å². The van der Waals surface area contributed by atoms with Crippen molar-refractivity contribution in [3.05, 3.63) is 262 Å². The molecule has 20 rings (SSSR count). The minimum Gasteiger partial charge on any atom is -0.493 e. The average molecular weight is 1650 g/mol. The largest absolute Gasteiger partial charge is 0.493 e. The lowest BCUT2D eigenvalue weighted by atomic mass is 9.90. The normalized spacial score (nSPS) is 17.0. The lowest BCUT2D eigenvalue weighted by molar-refractivity contribution is -0.130. The molecule has 1 atom stereocenters. The van der Waals surface area contributed by atoms with Gasteiger partial charge in [0.15, 0.2) is 0 Å². The van der Waals surface area contributed by atoms with Gasteiger partial charge in [0.25, 0.3) is 22.2 Å². The van der Waals surface area contributed by atoms with E-state index in [4.69, 9.17) is 18.9 Å². The molecule has 0 saturated heterocycles. The second-order valence-electron chi connectivity index (χ2n) is 35.4. The van der Waals surface area contributed by atoms with Crippen molar-refractivity contribution >= 4 is 49.5 Å². The molecule has 4 aromatic carbocycles. The van der Waals surface area contributed by atoms with Crippen LogP contribution in [0.5, 0.6) is 23.0 Å². The predicted octanol–water partition coefficient (Wildman–Crippen LogP) is 18.5. The predicted molar refractivity (Wildman–Crippen MR) is 482 cm³/mol. The molecule has 5 aliphatic carbocycles. The number of fused-ring (bicyclic) bond motifs is 12. The minimum atomic E-state index is -0.409. The average Bonchev–Trinajstić information content (AvgIpc) is 1.60. The number of aryl methyl sites for hydroxylation is 6. The number of rotatable bonds is 16. The number of aromatic nitrogens is 9. The Morgan fingerprint density at radius 2 is 0.770 bits per heavy atom. The molecule has 0 N–H and O–H groups in total. The molecule has 636 valence electrons. The first kappa shape index (κ1) is 82.8. The monoisotopic (exact) mass is 1650 g/mol. The van der Waals surface area contributed by atoms with Gasteiger partial charge in [-0.3, -0.25) is 47.2 Å². The molecule has 1 unspecified atom stereocenters. The van der Waals surface area contributed by atoms with Crippen molar-refractivity contribution in [2.24, 2.45) is 45.9 Å². The molecule has 7 aliphatic rings. The maximum absolute atomic E-state index is 13.0. The summed E-state index contributed by atoms with van der Waals surface area (Å²) in [4.78, 5) is 71.4. The lowest BCUT2D eigenvalue weighted by Crippen LogP contribution is -2.36. The first-order valence-electron chi connectivity index (χ1n) is 44.7. The number of carbonyl (C=O) groups excluding carboxylic acids is 1. The van der Waals surface area contributed by atoms with E-state index in [1.54, 1.807) is 61.7 Å². The summed E-state index contributed by atoms with van der Waals surface area (Å²) in [7, 11) is 10.7. The summed E-state index contributed by atoms with van der Waals surface area (Å²) < 4.78 is 52.3. The number of halogens is 1. The Kier molecular flexibility index (Phi) is 24.9. The lowest BCUT2D eigenvalue weighted by Gasteiger charge is -2.31. The Balaban J connectivity index is 0.000000116. The summed E-state index contributed by atoms with van der Waals surface area (Å²) in [6, 6.07) is 41.8. The molecule has 0 spiro atoms. The van der Waals surface area contributed by atoms with Crippen molar-refractivity contribution in [3.8, 4) is 45.7 Å². The van der Waals surface area contributed by atoms with Crippen molar-refractivity contribution < 1.29 is 28.1 Å². The molecule has 1 amide bonds. The van der Waals surface area contributed by atoms with Gasteiger partial charge >= 0.3 is 0 Å². The maximum Gasteiger partial charge on any atom is 0.258 e. The van der Waals surface area contributed by atoms with Crippen molar-refractivity contribution in [2.45, 2.75) is 194 Å². The van der Waals surface area contributed by atoms with E-state index in [-0.39, 0.29) is 40.7 Å². The second kappa shape index (κ2) is 36.7. The fourth-order valence-corrected chi connectivity index (χ4v) is 20.4. The van der Waals surface area contributed by atoms with Crippen LogP contribution in [-0.2, 0) is 84.8 Å². The van der Waals surface area contributed by atoms with Crippen LogP contribution in [-0.4, -0.2) is 97.2 Å². The van der Waals surface area contributed by atoms with Crippen molar-refractivity contribution in [1.29, 1.82) is 0 Å². The number of amides is 1. The van der Waals surface area contributed by atoms with E-state index in [1.165, 1.54) is 225 Å². The highest BCUT2D eigenvalue weighted by Crippen LogP contribution is 2.40. The van der Waals surface area contributed by atoms with Crippen LogP contribution in [0.2, 0.25) is 0 Å². The van der Waals surface area contributed by atoms with Crippen molar-refractivity contribution in [1.82, 2.24) is 51.3 Å². The number of carbonyl (C=O) groups is 1. The number of pyridine rings is 5. The second-order valence-corrected chi connectivity index (χ2v) is 35.4. The molecule has 13 aromatic rings. The van der Waals surface area contributed by atoms with Crippen LogP contribution in [0.15, 0.2) is 184 Å². The Morgan fingerprint density at radius 1 is 0.402 bits per heavy atom. The Labute approximate surface area is 712 Å². The van der Waals surface area contributed by atoms with Crippen LogP contribution >= 0.6 is 0 Å². The number of nitrogens with zero attached hydrogens (tertiary/aromatic N) is 11. The summed E-state index contributed by atoms with van der Waals surface area (Å²) in [6.45, 7) is 9.43. The number of hydrogen-bond donors (Lipinski definition) is 0. The Morgan fingerprint density at radius 3 is 1.16 bits per heavy atom. The molecule has 20 nitrogen and oxygen atoms in total. The van der Waals surface area contributed by atoms with Gasteiger partial charge in [-0.1, -0.05) is 89.0 Å². The topological polar surface area (TPSA) is 181 Å². The SMILES string of the molecule is CC(=O)N1Cc2c(n(C)c3cc(-n4ccc(OCc5ccc(F)cn5)cc4=O)ccc23)C(C)C1.CN1CCc2c(c3ccc(-n4ccc(OCC5CCCCC5)cc4=O)cc3n2C)C1.Cn1c2c(c3ccc(-n4ccc(OCC5CCCCC5)cc4=O)cc31)CCCC2.Cn1c2c(c3ccc(-n4ccc(OCC5CCCCC5)cc4=O)cc31)CCCC2. The first-order chi connectivity index (χ1) is 59.3. The van der Waals surface area contributed by atoms with E-state index in [0.29, 0.717) is 59.5 Å². The van der Waals surface area contributed by atoms with E-state index in [2.05, 4.69) is 118 Å². The van der Waals surface area contributed by atoms with E-state index in [0.717, 1.165) is 92.0 Å². The van der Waals surface area contributed by atoms with Gasteiger partial charge in [0, 0.05) is 173 Å². The van der Waals surface area contributed by atoms with Crippen molar-refractivity contribution in [3.63, 3.8) is 0 Å². The standard InChI is InChI=1S/C26H25FN4O3.C25H31N3O2.2C25H30N2O2/c1-16-13-30(17(2)32)14-23-22-7-6-20(10-24(22)29(3)26(16)23)31-9-8-21(11-25(31)33)34-15-19-5-4-18(27)12-28-19;1-26-12-11-23-22(16-26)21-9-8-19(14-24(21)27(23)2)28-13-10-20(15-25(28)29)30-17-18-6-4-3-5-7-18;2*1-26-23-10-6-5-9-21(23)22-12-11-19(15-24(22)26)27-14-13-20(16-25(27)28)29-17-18-7-3-2-4-8-18/h4-12,16H,13-15H2,1-3H3;8-10,13-15,18H,3-7,11-12,16-17H2,1-2H3;2*11-16,18H,2-10,17H2,1H3. The van der Waals surface area contributed by atoms with E-state index in [1.807, 2.05) is 66.9 Å². The third-order valence-corrected chi connectivity index (χ3v) is 27.2. The van der Waals surface area contributed by atoms with E-state index < -0.39 is 5.82 Å². The zero-order valence-electron chi connectivity index (χ0n) is 72.0. The van der Waals surface area contributed by atoms with Crippen LogP contribution in [0.3, 0.4) is 0 Å². The van der Waals surface area contributed by atoms with Gasteiger partial charge in [-0.25, -0.2) is 4.39 Å². The summed E-state index contributed by atoms with van der Waals surface area (Å²) in [6.07, 6.45) is 38.5. The maximum atomic E-state index is 13.0. The van der Waals surface area contributed by atoms with E-state index >= 15 is 0 Å². The fraction of sp³-hybridized carbons (Fsp3) is 0.426.